The Labute approximate surface area is 283 Å². The van der Waals surface area contributed by atoms with Crippen molar-refractivity contribution < 1.29 is 19.4 Å². The minimum atomic E-state index is -1.24. The average molecular weight is 639 g/mol. The van der Waals surface area contributed by atoms with Crippen LogP contribution in [0.15, 0.2) is 145 Å². The molecule has 6 rings (SSSR count). The van der Waals surface area contributed by atoms with Gasteiger partial charge in [0.25, 0.3) is 5.91 Å². The molecule has 6 nitrogen and oxygen atoms in total. The minimum absolute atomic E-state index is 0.0784. The number of hydrogen-bond donors (Lipinski definition) is 2. The first-order valence-electron chi connectivity index (χ1n) is 16.8. The summed E-state index contributed by atoms with van der Waals surface area (Å²) in [4.78, 5) is 19.7. The quantitative estimate of drug-likeness (QED) is 0.115. The number of aliphatic hydroxyl groups is 1. The summed E-state index contributed by atoms with van der Waals surface area (Å²) in [5.74, 6) is 0.967. The molecule has 0 unspecified atom stereocenters. The monoisotopic (exact) mass is 638 g/mol. The van der Waals surface area contributed by atoms with E-state index in [0.29, 0.717) is 37.6 Å². The SMILES string of the molecule is O=C(NCCCCc1ccccc1)[C@]1(Cc2ccccc2)N=C(c2ccc(OCCCO)cc2)O[C@@H]1c1ccc(-c2ccccc2)cc1. The molecular formula is C42H42N2O4. The van der Waals surface area contributed by atoms with Gasteiger partial charge in [0.2, 0.25) is 5.90 Å². The molecule has 0 spiro atoms. The Balaban J connectivity index is 1.31. The molecule has 0 saturated carbocycles. The van der Waals surface area contributed by atoms with E-state index in [2.05, 4.69) is 66.0 Å². The fourth-order valence-electron chi connectivity index (χ4n) is 6.12. The van der Waals surface area contributed by atoms with Crippen molar-refractivity contribution in [3.8, 4) is 16.9 Å². The summed E-state index contributed by atoms with van der Waals surface area (Å²) < 4.78 is 12.5. The van der Waals surface area contributed by atoms with Gasteiger partial charge in [0.15, 0.2) is 11.6 Å². The first-order valence-corrected chi connectivity index (χ1v) is 16.8. The number of nitrogens with zero attached hydrogens (tertiary/aromatic N) is 1. The third kappa shape index (κ3) is 8.01. The van der Waals surface area contributed by atoms with Crippen LogP contribution >= 0.6 is 0 Å². The second kappa shape index (κ2) is 16.1. The van der Waals surface area contributed by atoms with Crippen molar-refractivity contribution in [1.29, 1.82) is 0 Å². The Kier molecular flexibility index (Phi) is 11.0. The van der Waals surface area contributed by atoms with Crippen LogP contribution in [-0.4, -0.2) is 42.2 Å². The molecule has 0 bridgehead atoms. The number of carbonyl (C=O) groups is 1. The molecule has 2 atom stereocenters. The van der Waals surface area contributed by atoms with E-state index in [1.165, 1.54) is 5.56 Å². The highest BCUT2D eigenvalue weighted by Gasteiger charge is 2.53. The van der Waals surface area contributed by atoms with Crippen molar-refractivity contribution in [2.24, 2.45) is 4.99 Å². The first kappa shape index (κ1) is 32.7. The van der Waals surface area contributed by atoms with Crippen LogP contribution in [0.2, 0.25) is 0 Å². The molecule has 5 aromatic carbocycles. The summed E-state index contributed by atoms with van der Waals surface area (Å²) in [5.41, 5.74) is 4.93. The van der Waals surface area contributed by atoms with E-state index < -0.39 is 11.6 Å². The first-order chi connectivity index (χ1) is 23.6. The highest BCUT2D eigenvalue weighted by molar-refractivity contribution is 6.01. The van der Waals surface area contributed by atoms with Crippen molar-refractivity contribution >= 4 is 11.8 Å². The van der Waals surface area contributed by atoms with Crippen molar-refractivity contribution in [2.45, 2.75) is 43.7 Å². The number of aliphatic imine (C=N–C) groups is 1. The zero-order chi connectivity index (χ0) is 33.0. The summed E-state index contributed by atoms with van der Waals surface area (Å²) >= 11 is 0. The summed E-state index contributed by atoms with van der Waals surface area (Å²) in [6.45, 7) is 1.06. The van der Waals surface area contributed by atoms with Gasteiger partial charge in [0, 0.05) is 31.6 Å². The average Bonchev–Trinajstić information content (AvgIpc) is 3.53. The normalized spacial score (nSPS) is 16.9. The predicted octanol–water partition coefficient (Wildman–Crippen LogP) is 7.75. The van der Waals surface area contributed by atoms with E-state index in [4.69, 9.17) is 19.6 Å². The van der Waals surface area contributed by atoms with Crippen LogP contribution < -0.4 is 10.1 Å². The van der Waals surface area contributed by atoms with Gasteiger partial charge in [0.1, 0.15) is 5.75 Å². The number of hydrogen-bond acceptors (Lipinski definition) is 5. The van der Waals surface area contributed by atoms with E-state index in [9.17, 15) is 4.79 Å². The Bertz CT molecular complexity index is 1760. The standard InChI is InChI=1S/C42H42N2O4/c45-29-12-30-47-38-26-24-37(25-27-38)40-44-42(31-33-16-6-2-7-17-33,41(46)43-28-11-10-15-32-13-4-1-5-14-32)39(48-40)36-22-20-35(21-23-36)34-18-8-3-9-19-34/h1-9,13-14,16-27,39,45H,10-12,15,28-31H2,(H,43,46)/t39-,42-/m1/s1. The molecule has 244 valence electrons. The summed E-state index contributed by atoms with van der Waals surface area (Å²) in [6, 6.07) is 46.5. The van der Waals surface area contributed by atoms with Crippen LogP contribution in [0.1, 0.15) is 47.6 Å². The Morgan fingerprint density at radius 1 is 0.708 bits per heavy atom. The highest BCUT2D eigenvalue weighted by Crippen LogP contribution is 2.43. The smallest absolute Gasteiger partial charge is 0.252 e. The molecule has 1 aliphatic rings. The summed E-state index contributed by atoms with van der Waals surface area (Å²) in [7, 11) is 0. The number of rotatable bonds is 15. The van der Waals surface area contributed by atoms with Crippen LogP contribution in [0.3, 0.4) is 0 Å². The predicted molar refractivity (Wildman–Crippen MR) is 191 cm³/mol. The molecule has 48 heavy (non-hydrogen) atoms. The number of aliphatic hydroxyl groups excluding tert-OH is 1. The van der Waals surface area contributed by atoms with Crippen molar-refractivity contribution in [1.82, 2.24) is 5.32 Å². The number of unbranched alkanes of at least 4 members (excludes halogenated alkanes) is 1. The molecule has 0 aliphatic carbocycles. The number of aryl methyl sites for hydroxylation is 1. The van der Waals surface area contributed by atoms with E-state index >= 15 is 0 Å². The lowest BCUT2D eigenvalue weighted by Crippen LogP contribution is -2.50. The zero-order valence-corrected chi connectivity index (χ0v) is 27.1. The molecule has 1 aliphatic heterocycles. The Morgan fingerprint density at radius 3 is 1.98 bits per heavy atom. The number of benzene rings is 5. The van der Waals surface area contributed by atoms with E-state index in [-0.39, 0.29) is 12.5 Å². The second-order valence-corrected chi connectivity index (χ2v) is 12.1. The lowest BCUT2D eigenvalue weighted by molar-refractivity contribution is -0.128. The highest BCUT2D eigenvalue weighted by atomic mass is 16.5. The van der Waals surface area contributed by atoms with E-state index in [1.807, 2.05) is 78.9 Å². The van der Waals surface area contributed by atoms with Gasteiger partial charge in [-0.3, -0.25) is 4.79 Å². The summed E-state index contributed by atoms with van der Waals surface area (Å²) in [6.07, 6.45) is 3.08. The van der Waals surface area contributed by atoms with Gasteiger partial charge >= 0.3 is 0 Å². The molecule has 6 heteroatoms. The maximum absolute atomic E-state index is 14.5. The minimum Gasteiger partial charge on any atom is -0.494 e. The molecule has 0 aromatic heterocycles. The maximum atomic E-state index is 14.5. The molecule has 0 radical (unpaired) electrons. The van der Waals surface area contributed by atoms with E-state index in [0.717, 1.165) is 47.1 Å². The summed E-state index contributed by atoms with van der Waals surface area (Å²) in [5, 5.41) is 12.4. The van der Waals surface area contributed by atoms with Gasteiger partial charge in [-0.1, -0.05) is 115 Å². The Hall–Kier alpha value is -5.20. The second-order valence-electron chi connectivity index (χ2n) is 12.1. The fraction of sp³-hybridized carbons (Fsp3) is 0.238. The topological polar surface area (TPSA) is 80.2 Å². The third-order valence-corrected chi connectivity index (χ3v) is 8.69. The van der Waals surface area contributed by atoms with Gasteiger partial charge in [-0.05, 0) is 71.3 Å². The number of ether oxygens (including phenoxy) is 2. The number of carbonyl (C=O) groups excluding carboxylic acids is 1. The lowest BCUT2D eigenvalue weighted by atomic mass is 9.81. The van der Waals surface area contributed by atoms with Crippen LogP contribution in [0, 0.1) is 0 Å². The number of nitrogens with one attached hydrogen (secondary N) is 1. The van der Waals surface area contributed by atoms with E-state index in [1.54, 1.807) is 0 Å². The lowest BCUT2D eigenvalue weighted by Gasteiger charge is -2.31. The zero-order valence-electron chi connectivity index (χ0n) is 27.1. The van der Waals surface area contributed by atoms with Gasteiger partial charge in [-0.25, -0.2) is 4.99 Å². The molecular weight excluding hydrogens is 596 g/mol. The van der Waals surface area contributed by atoms with Crippen LogP contribution in [-0.2, 0) is 22.4 Å². The van der Waals surface area contributed by atoms with Gasteiger partial charge < -0.3 is 19.9 Å². The third-order valence-electron chi connectivity index (χ3n) is 8.69. The molecule has 0 saturated heterocycles. The van der Waals surface area contributed by atoms with Crippen molar-refractivity contribution in [3.63, 3.8) is 0 Å². The molecule has 1 heterocycles. The fourth-order valence-corrected chi connectivity index (χ4v) is 6.12. The van der Waals surface area contributed by atoms with Gasteiger partial charge in [0.05, 0.1) is 6.61 Å². The molecule has 5 aromatic rings. The van der Waals surface area contributed by atoms with Gasteiger partial charge in [-0.2, -0.15) is 0 Å². The molecule has 2 N–H and O–H groups in total. The van der Waals surface area contributed by atoms with Crippen LogP contribution in [0.4, 0.5) is 0 Å². The molecule has 0 fully saturated rings. The van der Waals surface area contributed by atoms with Crippen molar-refractivity contribution in [3.05, 3.63) is 162 Å². The van der Waals surface area contributed by atoms with Crippen LogP contribution in [0.25, 0.3) is 11.1 Å². The number of amides is 1. The Morgan fingerprint density at radius 2 is 1.31 bits per heavy atom. The van der Waals surface area contributed by atoms with Crippen LogP contribution in [0.5, 0.6) is 5.75 Å². The maximum Gasteiger partial charge on any atom is 0.252 e. The largest absolute Gasteiger partial charge is 0.494 e. The molecule has 1 amide bonds. The van der Waals surface area contributed by atoms with Gasteiger partial charge in [-0.15, -0.1) is 0 Å². The van der Waals surface area contributed by atoms with Crippen molar-refractivity contribution in [2.75, 3.05) is 19.8 Å².